The van der Waals surface area contributed by atoms with E-state index in [1.165, 1.54) is 32.2 Å². The summed E-state index contributed by atoms with van der Waals surface area (Å²) in [5.41, 5.74) is 7.61. The van der Waals surface area contributed by atoms with E-state index in [0.29, 0.717) is 16.5 Å². The number of amides is 1. The van der Waals surface area contributed by atoms with Gasteiger partial charge in [-0.15, -0.1) is 0 Å². The van der Waals surface area contributed by atoms with Crippen LogP contribution in [0.3, 0.4) is 0 Å². The van der Waals surface area contributed by atoms with Gasteiger partial charge in [0, 0.05) is 0 Å². The molecule has 1 amide bonds. The Morgan fingerprint density at radius 3 is 2.56 bits per heavy atom. The molecule has 0 saturated carbocycles. The van der Waals surface area contributed by atoms with Crippen molar-refractivity contribution in [3.63, 3.8) is 0 Å². The zero-order chi connectivity index (χ0) is 18.6. The van der Waals surface area contributed by atoms with Crippen molar-refractivity contribution >= 4 is 34.9 Å². The van der Waals surface area contributed by atoms with Crippen LogP contribution in [-0.4, -0.2) is 25.1 Å². The molecule has 2 aromatic carbocycles. The Kier molecular flexibility index (Phi) is 5.88. The largest absolute Gasteiger partial charge is 0.495 e. The predicted octanol–water partition coefficient (Wildman–Crippen LogP) is 3.42. The summed E-state index contributed by atoms with van der Waals surface area (Å²) in [5.74, 6) is -0.621. The van der Waals surface area contributed by atoms with Crippen LogP contribution in [0.4, 0.5) is 11.4 Å². The van der Waals surface area contributed by atoms with E-state index in [2.05, 4.69) is 5.32 Å². The summed E-state index contributed by atoms with van der Waals surface area (Å²) < 4.78 is 10.4. The first-order valence-electron chi connectivity index (χ1n) is 7.53. The van der Waals surface area contributed by atoms with Gasteiger partial charge in [-0.1, -0.05) is 17.7 Å². The summed E-state index contributed by atoms with van der Waals surface area (Å²) in [6.07, 6.45) is -1.00. The van der Waals surface area contributed by atoms with Crippen molar-refractivity contribution in [3.8, 4) is 5.75 Å². The van der Waals surface area contributed by atoms with E-state index >= 15 is 0 Å². The molecule has 0 saturated heterocycles. The molecule has 2 aromatic rings. The molecule has 0 aliphatic rings. The number of rotatable bonds is 5. The lowest BCUT2D eigenvalue weighted by Gasteiger charge is -2.16. The molecule has 2 rings (SSSR count). The van der Waals surface area contributed by atoms with E-state index < -0.39 is 18.0 Å². The Bertz CT molecular complexity index is 808. The third-order valence-corrected chi connectivity index (χ3v) is 3.84. The van der Waals surface area contributed by atoms with Crippen LogP contribution in [0.15, 0.2) is 36.4 Å². The van der Waals surface area contributed by atoms with Crippen LogP contribution in [0.2, 0.25) is 5.02 Å². The maximum atomic E-state index is 12.3. The Morgan fingerprint density at radius 2 is 1.92 bits per heavy atom. The van der Waals surface area contributed by atoms with Crippen molar-refractivity contribution in [1.82, 2.24) is 0 Å². The van der Waals surface area contributed by atoms with Gasteiger partial charge in [0.25, 0.3) is 5.91 Å². The van der Waals surface area contributed by atoms with Crippen molar-refractivity contribution in [2.75, 3.05) is 18.2 Å². The monoisotopic (exact) mass is 362 g/mol. The minimum absolute atomic E-state index is 0.217. The Hall–Kier alpha value is -2.73. The first-order valence-corrected chi connectivity index (χ1v) is 7.91. The first kappa shape index (κ1) is 18.6. The number of aryl methyl sites for hydroxylation is 1. The van der Waals surface area contributed by atoms with Crippen LogP contribution >= 0.6 is 11.6 Å². The predicted molar refractivity (Wildman–Crippen MR) is 97.1 cm³/mol. The second-order valence-corrected chi connectivity index (χ2v) is 5.88. The van der Waals surface area contributed by atoms with Crippen LogP contribution in [0, 0.1) is 6.92 Å². The van der Waals surface area contributed by atoms with Gasteiger partial charge in [0.05, 0.1) is 29.1 Å². The van der Waals surface area contributed by atoms with Gasteiger partial charge in [0.2, 0.25) is 0 Å². The molecule has 1 atom stereocenters. The molecule has 0 fully saturated rings. The van der Waals surface area contributed by atoms with E-state index in [-0.39, 0.29) is 11.3 Å². The van der Waals surface area contributed by atoms with Crippen molar-refractivity contribution < 1.29 is 19.1 Å². The molecule has 0 radical (unpaired) electrons. The number of hydrogen-bond acceptors (Lipinski definition) is 5. The average Bonchev–Trinajstić information content (AvgIpc) is 2.57. The van der Waals surface area contributed by atoms with Crippen LogP contribution < -0.4 is 15.8 Å². The molecular formula is C18H19ClN2O4. The average molecular weight is 363 g/mol. The molecule has 0 heterocycles. The van der Waals surface area contributed by atoms with Gasteiger partial charge < -0.3 is 20.5 Å². The van der Waals surface area contributed by atoms with Crippen molar-refractivity contribution in [2.24, 2.45) is 0 Å². The number of hydrogen-bond donors (Lipinski definition) is 2. The number of carbonyl (C=O) groups excluding carboxylic acids is 2. The molecule has 6 nitrogen and oxygen atoms in total. The fourth-order valence-corrected chi connectivity index (χ4v) is 2.22. The molecule has 132 valence electrons. The normalized spacial score (nSPS) is 11.5. The molecule has 3 N–H and O–H groups in total. The number of nitrogens with two attached hydrogens (primary N) is 1. The number of carbonyl (C=O) groups is 2. The topological polar surface area (TPSA) is 90.6 Å². The molecule has 0 bridgehead atoms. The summed E-state index contributed by atoms with van der Waals surface area (Å²) >= 11 is 5.82. The maximum absolute atomic E-state index is 12.3. The van der Waals surface area contributed by atoms with Crippen molar-refractivity contribution in [3.05, 3.63) is 52.5 Å². The molecule has 7 heteroatoms. The second kappa shape index (κ2) is 7.90. The number of methoxy groups -OCH3 is 1. The van der Waals surface area contributed by atoms with E-state index in [4.69, 9.17) is 26.8 Å². The van der Waals surface area contributed by atoms with Crippen molar-refractivity contribution in [1.29, 1.82) is 0 Å². The summed E-state index contributed by atoms with van der Waals surface area (Å²) in [5, 5.41) is 3.03. The number of halogens is 1. The molecule has 0 aliphatic heterocycles. The van der Waals surface area contributed by atoms with Gasteiger partial charge in [-0.25, -0.2) is 4.79 Å². The lowest BCUT2D eigenvalue weighted by Crippen LogP contribution is -2.30. The number of benzene rings is 2. The van der Waals surface area contributed by atoms with Gasteiger partial charge in [0.1, 0.15) is 5.75 Å². The van der Waals surface area contributed by atoms with E-state index in [0.717, 1.165) is 5.56 Å². The lowest BCUT2D eigenvalue weighted by molar-refractivity contribution is -0.123. The quantitative estimate of drug-likeness (QED) is 0.628. The summed E-state index contributed by atoms with van der Waals surface area (Å²) in [7, 11) is 1.51. The number of nitrogen functional groups attached to an aromatic ring is 1. The highest BCUT2D eigenvalue weighted by molar-refractivity contribution is 6.33. The van der Waals surface area contributed by atoms with Gasteiger partial charge in [-0.2, -0.15) is 0 Å². The van der Waals surface area contributed by atoms with E-state index in [1.807, 2.05) is 13.0 Å². The summed E-state index contributed by atoms with van der Waals surface area (Å²) in [6.45, 7) is 3.37. The lowest BCUT2D eigenvalue weighted by atomic mass is 10.2. The SMILES string of the molecule is COc1ccc(C)cc1NC(=O)C(C)OC(=O)c1ccc(Cl)c(N)c1. The molecule has 0 spiro atoms. The van der Waals surface area contributed by atoms with Gasteiger partial charge in [-0.3, -0.25) is 4.79 Å². The second-order valence-electron chi connectivity index (χ2n) is 5.48. The highest BCUT2D eigenvalue weighted by atomic mass is 35.5. The smallest absolute Gasteiger partial charge is 0.338 e. The fraction of sp³-hybridized carbons (Fsp3) is 0.222. The van der Waals surface area contributed by atoms with Crippen LogP contribution in [0.25, 0.3) is 0 Å². The first-order chi connectivity index (χ1) is 11.8. The highest BCUT2D eigenvalue weighted by Crippen LogP contribution is 2.25. The van der Waals surface area contributed by atoms with Crippen molar-refractivity contribution in [2.45, 2.75) is 20.0 Å². The highest BCUT2D eigenvalue weighted by Gasteiger charge is 2.20. The number of anilines is 2. The van der Waals surface area contributed by atoms with E-state index in [1.54, 1.807) is 12.1 Å². The van der Waals surface area contributed by atoms with Gasteiger partial charge >= 0.3 is 5.97 Å². The Labute approximate surface area is 150 Å². The Morgan fingerprint density at radius 1 is 1.20 bits per heavy atom. The van der Waals surface area contributed by atoms with Crippen LogP contribution in [0.1, 0.15) is 22.8 Å². The molecule has 0 aromatic heterocycles. The zero-order valence-electron chi connectivity index (χ0n) is 14.1. The standard InChI is InChI=1S/C18H19ClN2O4/c1-10-4-7-16(24-3)15(8-10)21-17(22)11(2)25-18(23)12-5-6-13(19)14(20)9-12/h4-9,11H,20H2,1-3H3,(H,21,22). The Balaban J connectivity index is 2.06. The molecule has 1 unspecified atom stereocenters. The molecule has 0 aliphatic carbocycles. The minimum atomic E-state index is -1.00. The minimum Gasteiger partial charge on any atom is -0.495 e. The molecule has 25 heavy (non-hydrogen) atoms. The third-order valence-electron chi connectivity index (χ3n) is 3.50. The van der Waals surface area contributed by atoms with Gasteiger partial charge in [0.15, 0.2) is 6.10 Å². The maximum Gasteiger partial charge on any atom is 0.338 e. The van der Waals surface area contributed by atoms with E-state index in [9.17, 15) is 9.59 Å². The summed E-state index contributed by atoms with van der Waals surface area (Å²) in [4.78, 5) is 24.4. The number of esters is 1. The van der Waals surface area contributed by atoms with Crippen LogP contribution in [-0.2, 0) is 9.53 Å². The number of nitrogens with one attached hydrogen (secondary N) is 1. The van der Waals surface area contributed by atoms with Crippen LogP contribution in [0.5, 0.6) is 5.75 Å². The van der Waals surface area contributed by atoms with Gasteiger partial charge in [-0.05, 0) is 49.7 Å². The summed E-state index contributed by atoms with van der Waals surface area (Å²) in [6, 6.07) is 9.76. The zero-order valence-corrected chi connectivity index (χ0v) is 14.9. The third kappa shape index (κ3) is 4.64. The fourth-order valence-electron chi connectivity index (χ4n) is 2.11. The molecular weight excluding hydrogens is 344 g/mol. The number of ether oxygens (including phenoxy) is 2.